The molecule has 3 heteroatoms. The van der Waals surface area contributed by atoms with Crippen LogP contribution in [0.3, 0.4) is 0 Å². The molecule has 0 atom stereocenters. The molecular formula is C14H19NO2. The van der Waals surface area contributed by atoms with Gasteiger partial charge in [-0.2, -0.15) is 0 Å². The molecule has 17 heavy (non-hydrogen) atoms. The van der Waals surface area contributed by atoms with Crippen molar-refractivity contribution in [2.75, 3.05) is 18.1 Å². The number of anilines is 1. The average Bonchev–Trinajstić information content (AvgIpc) is 2.26. The van der Waals surface area contributed by atoms with Crippen molar-refractivity contribution in [2.45, 2.75) is 27.2 Å². The maximum atomic E-state index is 12.2. The predicted molar refractivity (Wildman–Crippen MR) is 68.4 cm³/mol. The molecule has 2 rings (SSSR count). The molecule has 0 saturated heterocycles. The quantitative estimate of drug-likeness (QED) is 0.746. The highest BCUT2D eigenvalue weighted by molar-refractivity contribution is 5.95. The molecule has 1 aliphatic heterocycles. The predicted octanol–water partition coefficient (Wildman–Crippen LogP) is 2.85. The van der Waals surface area contributed by atoms with Crippen molar-refractivity contribution in [3.05, 3.63) is 24.3 Å². The van der Waals surface area contributed by atoms with Crippen molar-refractivity contribution in [3.63, 3.8) is 0 Å². The van der Waals surface area contributed by atoms with Gasteiger partial charge >= 0.3 is 0 Å². The van der Waals surface area contributed by atoms with Gasteiger partial charge < -0.3 is 9.64 Å². The van der Waals surface area contributed by atoms with E-state index in [0.717, 1.165) is 11.4 Å². The van der Waals surface area contributed by atoms with E-state index in [1.807, 2.05) is 29.2 Å². The number of hydrogen-bond acceptors (Lipinski definition) is 2. The third kappa shape index (κ3) is 2.78. The Morgan fingerprint density at radius 3 is 2.76 bits per heavy atom. The Bertz CT molecular complexity index is 420. The van der Waals surface area contributed by atoms with Crippen molar-refractivity contribution in [2.24, 2.45) is 5.41 Å². The summed E-state index contributed by atoms with van der Waals surface area (Å²) < 4.78 is 5.54. The van der Waals surface area contributed by atoms with Crippen molar-refractivity contribution in [3.8, 4) is 5.75 Å². The molecule has 0 unspecified atom stereocenters. The van der Waals surface area contributed by atoms with Gasteiger partial charge in [0.15, 0.2) is 0 Å². The van der Waals surface area contributed by atoms with Gasteiger partial charge in [0.2, 0.25) is 5.91 Å². The van der Waals surface area contributed by atoms with E-state index in [4.69, 9.17) is 4.74 Å². The highest BCUT2D eigenvalue weighted by Crippen LogP contribution is 2.32. The fourth-order valence-corrected chi connectivity index (χ4v) is 1.98. The largest absolute Gasteiger partial charge is 0.490 e. The van der Waals surface area contributed by atoms with Crippen LogP contribution in [0.4, 0.5) is 5.69 Å². The molecule has 0 N–H and O–H groups in total. The van der Waals surface area contributed by atoms with Crippen LogP contribution in [-0.4, -0.2) is 19.1 Å². The number of hydrogen-bond donors (Lipinski definition) is 0. The first kappa shape index (κ1) is 12.0. The zero-order valence-corrected chi connectivity index (χ0v) is 10.7. The Kier molecular flexibility index (Phi) is 3.09. The molecule has 1 aromatic carbocycles. The van der Waals surface area contributed by atoms with Gasteiger partial charge in [-0.15, -0.1) is 0 Å². The normalized spacial score (nSPS) is 15.1. The summed E-state index contributed by atoms with van der Waals surface area (Å²) in [6, 6.07) is 7.71. The number of amides is 1. The van der Waals surface area contributed by atoms with E-state index in [-0.39, 0.29) is 11.3 Å². The lowest BCUT2D eigenvalue weighted by molar-refractivity contribution is -0.120. The summed E-state index contributed by atoms with van der Waals surface area (Å²) in [6.07, 6.45) is 0.557. The molecule has 0 aliphatic carbocycles. The van der Waals surface area contributed by atoms with E-state index in [2.05, 4.69) is 20.8 Å². The summed E-state index contributed by atoms with van der Waals surface area (Å²) in [5, 5.41) is 0. The first-order valence-electron chi connectivity index (χ1n) is 5.99. The second-order valence-electron chi connectivity index (χ2n) is 5.60. The summed E-state index contributed by atoms with van der Waals surface area (Å²) in [5.74, 6) is 0.981. The number of benzene rings is 1. The van der Waals surface area contributed by atoms with Crippen LogP contribution in [0.15, 0.2) is 24.3 Å². The molecule has 0 saturated carbocycles. The second-order valence-corrected chi connectivity index (χ2v) is 5.60. The fraction of sp³-hybridized carbons (Fsp3) is 0.500. The maximum Gasteiger partial charge on any atom is 0.227 e. The van der Waals surface area contributed by atoms with E-state index in [1.54, 1.807) is 0 Å². The van der Waals surface area contributed by atoms with Crippen LogP contribution in [0, 0.1) is 5.41 Å². The molecule has 0 aromatic heterocycles. The van der Waals surface area contributed by atoms with Crippen molar-refractivity contribution >= 4 is 11.6 Å². The Balaban J connectivity index is 2.21. The molecule has 1 aliphatic rings. The Morgan fingerprint density at radius 1 is 1.35 bits per heavy atom. The summed E-state index contributed by atoms with van der Waals surface area (Å²) in [7, 11) is 0. The van der Waals surface area contributed by atoms with Gasteiger partial charge in [-0.25, -0.2) is 0 Å². The van der Waals surface area contributed by atoms with Gasteiger partial charge in [0.1, 0.15) is 12.4 Å². The van der Waals surface area contributed by atoms with Crippen LogP contribution in [0.5, 0.6) is 5.75 Å². The van der Waals surface area contributed by atoms with Crippen LogP contribution in [0.1, 0.15) is 27.2 Å². The smallest absolute Gasteiger partial charge is 0.227 e. The van der Waals surface area contributed by atoms with Gasteiger partial charge in [-0.1, -0.05) is 32.9 Å². The summed E-state index contributed by atoms with van der Waals surface area (Å²) in [5.41, 5.74) is 0.914. The number of carbonyl (C=O) groups is 1. The monoisotopic (exact) mass is 233 g/mol. The number of carbonyl (C=O) groups excluding carboxylic acids is 1. The van der Waals surface area contributed by atoms with Crippen LogP contribution >= 0.6 is 0 Å². The van der Waals surface area contributed by atoms with E-state index in [9.17, 15) is 4.79 Å². The number of rotatable bonds is 1. The molecule has 1 amide bonds. The van der Waals surface area contributed by atoms with E-state index < -0.39 is 0 Å². The van der Waals surface area contributed by atoms with Crippen LogP contribution in [0.25, 0.3) is 0 Å². The summed E-state index contributed by atoms with van der Waals surface area (Å²) in [4.78, 5) is 14.1. The molecule has 1 aromatic rings. The molecule has 1 heterocycles. The minimum atomic E-state index is 0.0182. The zero-order valence-electron chi connectivity index (χ0n) is 10.7. The van der Waals surface area contributed by atoms with Gasteiger partial charge in [0.25, 0.3) is 0 Å². The average molecular weight is 233 g/mol. The first-order valence-corrected chi connectivity index (χ1v) is 5.99. The topological polar surface area (TPSA) is 29.5 Å². The number of ether oxygens (including phenoxy) is 1. The van der Waals surface area contributed by atoms with Crippen LogP contribution < -0.4 is 9.64 Å². The second kappa shape index (κ2) is 4.40. The zero-order chi connectivity index (χ0) is 12.5. The van der Waals surface area contributed by atoms with E-state index in [0.29, 0.717) is 19.6 Å². The summed E-state index contributed by atoms with van der Waals surface area (Å²) >= 11 is 0. The molecule has 0 radical (unpaired) electrons. The first-order chi connectivity index (χ1) is 7.97. The van der Waals surface area contributed by atoms with Crippen molar-refractivity contribution in [1.82, 2.24) is 0 Å². The molecule has 92 valence electrons. The standard InChI is InChI=1S/C14H19NO2/c1-14(2,3)10-13(16)15-8-9-17-12-7-5-4-6-11(12)15/h4-7H,8-10H2,1-3H3. The van der Waals surface area contributed by atoms with Gasteiger partial charge in [-0.05, 0) is 17.5 Å². The lowest BCUT2D eigenvalue weighted by Gasteiger charge is -2.31. The lowest BCUT2D eigenvalue weighted by atomic mass is 9.91. The lowest BCUT2D eigenvalue weighted by Crippen LogP contribution is -2.39. The van der Waals surface area contributed by atoms with Gasteiger partial charge in [-0.3, -0.25) is 4.79 Å². The molecule has 0 bridgehead atoms. The van der Waals surface area contributed by atoms with E-state index in [1.165, 1.54) is 0 Å². The van der Waals surface area contributed by atoms with Gasteiger partial charge in [0.05, 0.1) is 12.2 Å². The molecule has 0 spiro atoms. The Morgan fingerprint density at radius 2 is 2.06 bits per heavy atom. The fourth-order valence-electron chi connectivity index (χ4n) is 1.98. The number of fused-ring (bicyclic) bond motifs is 1. The molecule has 3 nitrogen and oxygen atoms in total. The number of para-hydroxylation sites is 2. The van der Waals surface area contributed by atoms with Crippen molar-refractivity contribution < 1.29 is 9.53 Å². The Labute approximate surface area is 102 Å². The van der Waals surface area contributed by atoms with Crippen molar-refractivity contribution in [1.29, 1.82) is 0 Å². The van der Waals surface area contributed by atoms with Gasteiger partial charge in [0, 0.05) is 6.42 Å². The number of nitrogens with zero attached hydrogens (tertiary/aromatic N) is 1. The maximum absolute atomic E-state index is 12.2. The third-order valence-electron chi connectivity index (χ3n) is 2.71. The summed E-state index contributed by atoms with van der Waals surface area (Å²) in [6.45, 7) is 7.46. The van der Waals surface area contributed by atoms with Crippen LogP contribution in [-0.2, 0) is 4.79 Å². The SMILES string of the molecule is CC(C)(C)CC(=O)N1CCOc2ccccc21. The minimum Gasteiger partial charge on any atom is -0.490 e. The van der Waals surface area contributed by atoms with E-state index >= 15 is 0 Å². The highest BCUT2D eigenvalue weighted by atomic mass is 16.5. The molecule has 0 fully saturated rings. The highest BCUT2D eigenvalue weighted by Gasteiger charge is 2.26. The van der Waals surface area contributed by atoms with Crippen LogP contribution in [0.2, 0.25) is 0 Å². The Hall–Kier alpha value is -1.51. The minimum absolute atomic E-state index is 0.0182. The molecular weight excluding hydrogens is 214 g/mol. The third-order valence-corrected chi connectivity index (χ3v) is 2.71.